The van der Waals surface area contributed by atoms with Crippen LogP contribution in [0.5, 0.6) is 0 Å². The Hall–Kier alpha value is -1.22. The largest absolute Gasteiger partial charge is 0.335 e. The van der Waals surface area contributed by atoms with Crippen molar-refractivity contribution in [2.24, 2.45) is 0 Å². The Morgan fingerprint density at radius 2 is 1.89 bits per heavy atom. The molecule has 1 fully saturated rings. The molecule has 19 heavy (non-hydrogen) atoms. The SMILES string of the molecule is Cc1ccc(NC(=O)NC2CCCCCC2)c(Cl)c1. The van der Waals surface area contributed by atoms with Gasteiger partial charge in [-0.15, -0.1) is 0 Å². The molecule has 2 amide bonds. The van der Waals surface area contributed by atoms with E-state index in [9.17, 15) is 4.79 Å². The maximum absolute atomic E-state index is 11.9. The van der Waals surface area contributed by atoms with E-state index in [0.717, 1.165) is 18.4 Å². The lowest BCUT2D eigenvalue weighted by Crippen LogP contribution is -2.37. The van der Waals surface area contributed by atoms with E-state index in [4.69, 9.17) is 11.6 Å². The molecule has 3 nitrogen and oxygen atoms in total. The number of amides is 2. The third-order valence-electron chi connectivity index (χ3n) is 3.56. The number of carbonyl (C=O) groups excluding carboxylic acids is 1. The zero-order chi connectivity index (χ0) is 13.7. The highest BCUT2D eigenvalue weighted by atomic mass is 35.5. The van der Waals surface area contributed by atoms with E-state index in [1.54, 1.807) is 0 Å². The number of hydrogen-bond acceptors (Lipinski definition) is 1. The predicted molar refractivity (Wildman–Crippen MR) is 79.8 cm³/mol. The first kappa shape index (κ1) is 14.2. The van der Waals surface area contributed by atoms with E-state index in [2.05, 4.69) is 10.6 Å². The van der Waals surface area contributed by atoms with Crippen molar-refractivity contribution in [3.8, 4) is 0 Å². The van der Waals surface area contributed by atoms with Crippen molar-refractivity contribution in [1.29, 1.82) is 0 Å². The second kappa shape index (κ2) is 6.80. The second-order valence-corrected chi connectivity index (χ2v) is 5.68. The number of carbonyl (C=O) groups is 1. The summed E-state index contributed by atoms with van der Waals surface area (Å²) in [4.78, 5) is 11.9. The summed E-state index contributed by atoms with van der Waals surface area (Å²) >= 11 is 6.10. The Morgan fingerprint density at radius 3 is 2.53 bits per heavy atom. The van der Waals surface area contributed by atoms with Crippen LogP contribution in [0.3, 0.4) is 0 Å². The van der Waals surface area contributed by atoms with Gasteiger partial charge >= 0.3 is 6.03 Å². The minimum absolute atomic E-state index is 0.155. The molecule has 2 N–H and O–H groups in total. The van der Waals surface area contributed by atoms with Gasteiger partial charge in [-0.1, -0.05) is 43.4 Å². The Morgan fingerprint density at radius 1 is 1.21 bits per heavy atom. The highest BCUT2D eigenvalue weighted by molar-refractivity contribution is 6.33. The zero-order valence-corrected chi connectivity index (χ0v) is 12.1. The molecule has 0 saturated heterocycles. The quantitative estimate of drug-likeness (QED) is 0.770. The third kappa shape index (κ3) is 4.43. The van der Waals surface area contributed by atoms with Gasteiger partial charge < -0.3 is 10.6 Å². The molecule has 0 aliphatic heterocycles. The van der Waals surface area contributed by atoms with Crippen LogP contribution in [0.25, 0.3) is 0 Å². The number of aryl methyl sites for hydroxylation is 1. The molecular formula is C15H21ClN2O. The van der Waals surface area contributed by atoms with Crippen molar-refractivity contribution in [1.82, 2.24) is 5.32 Å². The Bertz CT molecular complexity index is 440. The van der Waals surface area contributed by atoms with Crippen LogP contribution in [-0.2, 0) is 0 Å². The van der Waals surface area contributed by atoms with Crippen LogP contribution in [-0.4, -0.2) is 12.1 Å². The number of halogens is 1. The zero-order valence-electron chi connectivity index (χ0n) is 11.3. The molecular weight excluding hydrogens is 260 g/mol. The summed E-state index contributed by atoms with van der Waals surface area (Å²) in [5.41, 5.74) is 1.75. The van der Waals surface area contributed by atoms with Gasteiger partial charge in [0.25, 0.3) is 0 Å². The van der Waals surface area contributed by atoms with Crippen LogP contribution in [0.4, 0.5) is 10.5 Å². The number of anilines is 1. The Kier molecular flexibility index (Phi) is 5.08. The lowest BCUT2D eigenvalue weighted by atomic mass is 10.1. The van der Waals surface area contributed by atoms with Crippen LogP contribution in [0.1, 0.15) is 44.1 Å². The summed E-state index contributed by atoms with van der Waals surface area (Å²) in [5.74, 6) is 0. The van der Waals surface area contributed by atoms with E-state index in [1.165, 1.54) is 25.7 Å². The average Bonchev–Trinajstić information content (AvgIpc) is 2.61. The molecule has 0 unspecified atom stereocenters. The van der Waals surface area contributed by atoms with E-state index >= 15 is 0 Å². The molecule has 4 heteroatoms. The van der Waals surface area contributed by atoms with Gasteiger partial charge in [0.05, 0.1) is 10.7 Å². The van der Waals surface area contributed by atoms with Crippen LogP contribution < -0.4 is 10.6 Å². The first-order valence-electron chi connectivity index (χ1n) is 6.99. The van der Waals surface area contributed by atoms with E-state index in [0.29, 0.717) is 16.8 Å². The molecule has 0 aromatic heterocycles. The maximum Gasteiger partial charge on any atom is 0.319 e. The molecule has 1 aliphatic carbocycles. The minimum atomic E-state index is -0.155. The van der Waals surface area contributed by atoms with Crippen molar-refractivity contribution in [2.45, 2.75) is 51.5 Å². The fourth-order valence-electron chi connectivity index (χ4n) is 2.49. The van der Waals surface area contributed by atoms with Gasteiger partial charge in [0.2, 0.25) is 0 Å². The third-order valence-corrected chi connectivity index (χ3v) is 3.88. The number of nitrogens with one attached hydrogen (secondary N) is 2. The average molecular weight is 281 g/mol. The van der Waals surface area contributed by atoms with Crippen molar-refractivity contribution in [3.05, 3.63) is 28.8 Å². The fraction of sp³-hybridized carbons (Fsp3) is 0.533. The van der Waals surface area contributed by atoms with Gasteiger partial charge in [0, 0.05) is 6.04 Å². The van der Waals surface area contributed by atoms with Gasteiger partial charge in [0.1, 0.15) is 0 Å². The number of benzene rings is 1. The van der Waals surface area contributed by atoms with Gasteiger partial charge in [-0.25, -0.2) is 4.79 Å². The van der Waals surface area contributed by atoms with E-state index in [-0.39, 0.29) is 6.03 Å². The molecule has 1 saturated carbocycles. The van der Waals surface area contributed by atoms with Crippen molar-refractivity contribution < 1.29 is 4.79 Å². The van der Waals surface area contributed by atoms with Crippen molar-refractivity contribution >= 4 is 23.3 Å². The highest BCUT2D eigenvalue weighted by Crippen LogP contribution is 2.23. The normalized spacial score (nSPS) is 16.7. The fourth-order valence-corrected chi connectivity index (χ4v) is 2.77. The minimum Gasteiger partial charge on any atom is -0.335 e. The summed E-state index contributed by atoms with van der Waals surface area (Å²) in [6.07, 6.45) is 7.13. The highest BCUT2D eigenvalue weighted by Gasteiger charge is 2.15. The Balaban J connectivity index is 1.89. The summed E-state index contributed by atoms with van der Waals surface area (Å²) in [5, 5.41) is 6.44. The van der Waals surface area contributed by atoms with Crippen LogP contribution in [0.2, 0.25) is 5.02 Å². The second-order valence-electron chi connectivity index (χ2n) is 5.27. The predicted octanol–water partition coefficient (Wildman–Crippen LogP) is 4.49. The van der Waals surface area contributed by atoms with Crippen molar-refractivity contribution in [2.75, 3.05) is 5.32 Å². The number of rotatable bonds is 2. The van der Waals surface area contributed by atoms with Gasteiger partial charge in [-0.2, -0.15) is 0 Å². The van der Waals surface area contributed by atoms with E-state index < -0.39 is 0 Å². The molecule has 0 bridgehead atoms. The molecule has 1 aliphatic rings. The van der Waals surface area contributed by atoms with Gasteiger partial charge in [-0.3, -0.25) is 0 Å². The molecule has 0 spiro atoms. The molecule has 1 aromatic carbocycles. The Labute approximate surface area is 119 Å². The number of hydrogen-bond donors (Lipinski definition) is 2. The summed E-state index contributed by atoms with van der Waals surface area (Å²) < 4.78 is 0. The van der Waals surface area contributed by atoms with Crippen LogP contribution in [0.15, 0.2) is 18.2 Å². The maximum atomic E-state index is 11.9. The lowest BCUT2D eigenvalue weighted by molar-refractivity contribution is 0.247. The summed E-state index contributed by atoms with van der Waals surface area (Å²) in [7, 11) is 0. The monoisotopic (exact) mass is 280 g/mol. The first-order chi connectivity index (χ1) is 9.15. The molecule has 0 heterocycles. The molecule has 2 rings (SSSR count). The van der Waals surface area contributed by atoms with Crippen LogP contribution in [0, 0.1) is 6.92 Å². The first-order valence-corrected chi connectivity index (χ1v) is 7.36. The molecule has 0 radical (unpaired) electrons. The standard InChI is InChI=1S/C15H21ClN2O/c1-11-8-9-14(13(16)10-11)18-15(19)17-12-6-4-2-3-5-7-12/h8-10,12H,2-7H2,1H3,(H2,17,18,19). The van der Waals surface area contributed by atoms with Crippen molar-refractivity contribution in [3.63, 3.8) is 0 Å². The van der Waals surface area contributed by atoms with Gasteiger partial charge in [0.15, 0.2) is 0 Å². The summed E-state index contributed by atoms with van der Waals surface area (Å²) in [6.45, 7) is 1.97. The van der Waals surface area contributed by atoms with E-state index in [1.807, 2.05) is 25.1 Å². The molecule has 1 aromatic rings. The smallest absolute Gasteiger partial charge is 0.319 e. The molecule has 104 valence electrons. The lowest BCUT2D eigenvalue weighted by Gasteiger charge is -2.17. The summed E-state index contributed by atoms with van der Waals surface area (Å²) in [6, 6.07) is 5.77. The van der Waals surface area contributed by atoms with Crippen LogP contribution >= 0.6 is 11.6 Å². The molecule has 0 atom stereocenters. The topological polar surface area (TPSA) is 41.1 Å². The van der Waals surface area contributed by atoms with Gasteiger partial charge in [-0.05, 0) is 37.5 Å². The number of urea groups is 1.